The van der Waals surface area contributed by atoms with Gasteiger partial charge in [0.25, 0.3) is 0 Å². The maximum absolute atomic E-state index is 13.8. The van der Waals surface area contributed by atoms with E-state index in [9.17, 15) is 24.3 Å². The Hall–Kier alpha value is -3.55. The van der Waals surface area contributed by atoms with E-state index in [2.05, 4.69) is 20.9 Å². The number of nitrogens with one attached hydrogen (secondary N) is 3. The molecule has 3 rings (SSSR count). The molecule has 45 heavy (non-hydrogen) atoms. The fourth-order valence-electron chi connectivity index (χ4n) is 4.82. The lowest BCUT2D eigenvalue weighted by molar-refractivity contribution is -0.144. The Balaban J connectivity index is 1.51. The maximum atomic E-state index is 13.8. The van der Waals surface area contributed by atoms with Gasteiger partial charge in [0.05, 0.1) is 35.4 Å². The summed E-state index contributed by atoms with van der Waals surface area (Å²) >= 11 is 1.57. The Morgan fingerprint density at radius 3 is 2.36 bits per heavy atom. The molecule has 0 saturated carbocycles. The Bertz CT molecular complexity index is 1320. The number of amides is 4. The van der Waals surface area contributed by atoms with Crippen molar-refractivity contribution in [1.29, 1.82) is 0 Å². The van der Waals surface area contributed by atoms with E-state index in [0.717, 1.165) is 21.7 Å². The molecule has 3 unspecified atom stereocenters. The predicted octanol–water partition coefficient (Wildman–Crippen LogP) is 3.16. The van der Waals surface area contributed by atoms with Crippen LogP contribution in [0.2, 0.25) is 0 Å². The van der Waals surface area contributed by atoms with Crippen molar-refractivity contribution in [2.45, 2.75) is 91.6 Å². The third-order valence-corrected chi connectivity index (χ3v) is 8.08. The predicted molar refractivity (Wildman–Crippen MR) is 171 cm³/mol. The lowest BCUT2D eigenvalue weighted by Gasteiger charge is -2.35. The van der Waals surface area contributed by atoms with Crippen LogP contribution in [0.25, 0.3) is 10.4 Å². The Kier molecular flexibility index (Phi) is 12.5. The average molecular weight is 646 g/mol. The first-order valence-corrected chi connectivity index (χ1v) is 16.0. The molecule has 4 N–H and O–H groups in total. The summed E-state index contributed by atoms with van der Waals surface area (Å²) < 4.78 is 10.6. The molecular formula is C32H47N5O7S. The van der Waals surface area contributed by atoms with Gasteiger partial charge < -0.3 is 35.4 Å². The van der Waals surface area contributed by atoms with Crippen molar-refractivity contribution >= 4 is 35.2 Å². The summed E-state index contributed by atoms with van der Waals surface area (Å²) in [5.74, 6) is -1.19. The molecule has 248 valence electrons. The maximum Gasteiger partial charge on any atom is 0.407 e. The minimum absolute atomic E-state index is 0.000190. The second-order valence-electron chi connectivity index (χ2n) is 13.2. The van der Waals surface area contributed by atoms with Gasteiger partial charge in [-0.25, -0.2) is 9.78 Å². The zero-order valence-electron chi connectivity index (χ0n) is 27.3. The number of hydrogen-bond donors (Lipinski definition) is 4. The van der Waals surface area contributed by atoms with Crippen LogP contribution in [0.15, 0.2) is 29.8 Å². The van der Waals surface area contributed by atoms with E-state index in [0.29, 0.717) is 0 Å². The molecular weight excluding hydrogens is 598 g/mol. The van der Waals surface area contributed by atoms with E-state index < -0.39 is 41.2 Å². The lowest BCUT2D eigenvalue weighted by Crippen LogP contribution is -2.57. The summed E-state index contributed by atoms with van der Waals surface area (Å²) in [6.07, 6.45) is -1.30. The summed E-state index contributed by atoms with van der Waals surface area (Å²) in [4.78, 5) is 58.2. The number of aromatic nitrogens is 1. The van der Waals surface area contributed by atoms with Crippen LogP contribution in [-0.4, -0.2) is 88.9 Å². The van der Waals surface area contributed by atoms with Gasteiger partial charge in [-0.3, -0.25) is 14.4 Å². The first-order chi connectivity index (χ1) is 21.0. The Morgan fingerprint density at radius 1 is 1.07 bits per heavy atom. The summed E-state index contributed by atoms with van der Waals surface area (Å²) in [6, 6.07) is 6.05. The van der Waals surface area contributed by atoms with Gasteiger partial charge in [0.15, 0.2) is 0 Å². The quantitative estimate of drug-likeness (QED) is 0.256. The van der Waals surface area contributed by atoms with Crippen molar-refractivity contribution in [3.05, 3.63) is 41.0 Å². The number of aliphatic hydroxyl groups excluding tert-OH is 1. The lowest BCUT2D eigenvalue weighted by atomic mass is 9.85. The van der Waals surface area contributed by atoms with Gasteiger partial charge in [0.2, 0.25) is 17.7 Å². The van der Waals surface area contributed by atoms with Crippen LogP contribution in [-0.2, 0) is 30.4 Å². The van der Waals surface area contributed by atoms with Crippen molar-refractivity contribution in [3.8, 4) is 10.4 Å². The SMILES string of the molecule is Cc1ncsc1-c1ccc(CNC(=O)C2CC(O)CN2C(=O)C(NC(=O)CCOCCNC(=O)OC(C)(C)C)C(C)(C)C)cc1. The topological polar surface area (TPSA) is 159 Å². The third-order valence-electron chi connectivity index (χ3n) is 7.10. The number of hydrogen-bond acceptors (Lipinski definition) is 9. The van der Waals surface area contributed by atoms with E-state index >= 15 is 0 Å². The highest BCUT2D eigenvalue weighted by molar-refractivity contribution is 7.13. The van der Waals surface area contributed by atoms with Gasteiger partial charge in [-0.1, -0.05) is 45.0 Å². The number of β-amino-alcohol motifs (C(OH)–C–C–N with tert-alkyl or cyclic N) is 1. The van der Waals surface area contributed by atoms with E-state index in [4.69, 9.17) is 9.47 Å². The van der Waals surface area contributed by atoms with Gasteiger partial charge >= 0.3 is 6.09 Å². The van der Waals surface area contributed by atoms with Gasteiger partial charge in [-0.15, -0.1) is 11.3 Å². The molecule has 13 heteroatoms. The zero-order chi connectivity index (χ0) is 33.4. The molecule has 0 aliphatic carbocycles. The monoisotopic (exact) mass is 645 g/mol. The molecule has 1 saturated heterocycles. The summed E-state index contributed by atoms with van der Waals surface area (Å²) in [5.41, 5.74) is 3.45. The second-order valence-corrected chi connectivity index (χ2v) is 14.1. The number of aryl methyl sites for hydroxylation is 1. The molecule has 12 nitrogen and oxygen atoms in total. The summed E-state index contributed by atoms with van der Waals surface area (Å²) in [7, 11) is 0. The summed E-state index contributed by atoms with van der Waals surface area (Å²) in [5, 5.41) is 18.7. The Morgan fingerprint density at radius 2 is 1.76 bits per heavy atom. The largest absolute Gasteiger partial charge is 0.444 e. The van der Waals surface area contributed by atoms with E-state index in [1.807, 2.05) is 57.5 Å². The normalized spacial score (nSPS) is 17.5. The fraction of sp³-hybridized carbons (Fsp3) is 0.594. The van der Waals surface area contributed by atoms with Gasteiger partial charge in [0, 0.05) is 32.5 Å². The number of likely N-dealkylation sites (tertiary alicyclic amines) is 1. The highest BCUT2D eigenvalue weighted by Crippen LogP contribution is 2.28. The minimum Gasteiger partial charge on any atom is -0.444 e. The minimum atomic E-state index is -0.929. The molecule has 1 aliphatic heterocycles. The molecule has 0 bridgehead atoms. The van der Waals surface area contributed by atoms with Crippen LogP contribution < -0.4 is 16.0 Å². The van der Waals surface area contributed by atoms with Crippen molar-refractivity contribution in [2.75, 3.05) is 26.3 Å². The molecule has 2 aromatic rings. The standard InChI is InChI=1S/C32H47N5O7S/c1-20-26(45-19-35-20)22-10-8-21(9-11-22)17-34-28(40)24-16-23(38)18-37(24)29(41)27(31(2,3)4)36-25(39)12-14-43-15-13-33-30(42)44-32(5,6)7/h8-11,19,23-24,27,38H,12-18H2,1-7H3,(H,33,42)(H,34,40)(H,36,39). The summed E-state index contributed by atoms with van der Waals surface area (Å²) in [6.45, 7) is 13.5. The number of rotatable bonds is 12. The van der Waals surface area contributed by atoms with Crippen molar-refractivity contribution in [1.82, 2.24) is 25.8 Å². The van der Waals surface area contributed by atoms with Crippen LogP contribution in [0.5, 0.6) is 0 Å². The molecule has 1 aromatic carbocycles. The smallest absolute Gasteiger partial charge is 0.407 e. The van der Waals surface area contributed by atoms with Gasteiger partial charge in [-0.2, -0.15) is 0 Å². The van der Waals surface area contributed by atoms with Crippen molar-refractivity contribution in [2.24, 2.45) is 5.41 Å². The number of benzene rings is 1. The molecule has 4 amide bonds. The number of thiazole rings is 1. The number of carbonyl (C=O) groups is 4. The fourth-order valence-corrected chi connectivity index (χ4v) is 5.63. The van der Waals surface area contributed by atoms with Crippen LogP contribution in [0.3, 0.4) is 0 Å². The third kappa shape index (κ3) is 11.1. The second kappa shape index (κ2) is 15.6. The number of aliphatic hydroxyl groups is 1. The molecule has 0 spiro atoms. The molecule has 3 atom stereocenters. The molecule has 1 aliphatic rings. The van der Waals surface area contributed by atoms with Crippen LogP contribution in [0.1, 0.15) is 65.6 Å². The zero-order valence-corrected chi connectivity index (χ0v) is 28.1. The van der Waals surface area contributed by atoms with Crippen LogP contribution in [0, 0.1) is 12.3 Å². The molecule has 2 heterocycles. The molecule has 1 aromatic heterocycles. The van der Waals surface area contributed by atoms with Crippen molar-refractivity contribution < 1.29 is 33.8 Å². The van der Waals surface area contributed by atoms with Crippen LogP contribution >= 0.6 is 11.3 Å². The van der Waals surface area contributed by atoms with Gasteiger partial charge in [-0.05, 0) is 44.2 Å². The van der Waals surface area contributed by atoms with E-state index in [1.54, 1.807) is 32.1 Å². The first-order valence-electron chi connectivity index (χ1n) is 15.1. The first kappa shape index (κ1) is 35.9. The number of ether oxygens (including phenoxy) is 2. The highest BCUT2D eigenvalue weighted by atomic mass is 32.1. The number of carbonyl (C=O) groups excluding carboxylic acids is 4. The Labute approximate surface area is 269 Å². The molecule has 1 fully saturated rings. The highest BCUT2D eigenvalue weighted by Gasteiger charge is 2.44. The average Bonchev–Trinajstić information content (AvgIpc) is 3.56. The van der Waals surface area contributed by atoms with E-state index in [-0.39, 0.29) is 57.5 Å². The van der Waals surface area contributed by atoms with Crippen molar-refractivity contribution in [3.63, 3.8) is 0 Å². The molecule has 0 radical (unpaired) electrons. The van der Waals surface area contributed by atoms with Crippen LogP contribution in [0.4, 0.5) is 4.79 Å². The van der Waals surface area contributed by atoms with Gasteiger partial charge in [0.1, 0.15) is 17.7 Å². The van der Waals surface area contributed by atoms with E-state index in [1.165, 1.54) is 4.90 Å². The number of nitrogens with zero attached hydrogens (tertiary/aromatic N) is 2. The number of alkyl carbamates (subject to hydrolysis) is 1.